The van der Waals surface area contributed by atoms with E-state index in [9.17, 15) is 19.8 Å². The van der Waals surface area contributed by atoms with Crippen LogP contribution < -0.4 is 0 Å². The highest BCUT2D eigenvalue weighted by atomic mass is 16.5. The molecule has 0 heterocycles. The molecule has 7 nitrogen and oxygen atoms in total. The predicted octanol–water partition coefficient (Wildman–Crippen LogP) is 0.749. The van der Waals surface area contributed by atoms with Gasteiger partial charge in [0.25, 0.3) is 5.91 Å². The molecule has 2 N–H and O–H groups in total. The van der Waals surface area contributed by atoms with Crippen molar-refractivity contribution < 1.29 is 29.3 Å². The second-order valence-electron chi connectivity index (χ2n) is 4.23. The normalized spacial score (nSPS) is 10.2. The van der Waals surface area contributed by atoms with E-state index >= 15 is 0 Å². The summed E-state index contributed by atoms with van der Waals surface area (Å²) < 4.78 is 9.70. The van der Waals surface area contributed by atoms with Crippen LogP contribution in [-0.4, -0.2) is 60.4 Å². The summed E-state index contributed by atoms with van der Waals surface area (Å²) >= 11 is 0. The second-order valence-corrected chi connectivity index (χ2v) is 4.23. The summed E-state index contributed by atoms with van der Waals surface area (Å²) in [6.45, 7) is 2.00. The maximum Gasteiger partial charge on any atom is 0.325 e. The van der Waals surface area contributed by atoms with E-state index in [0.717, 1.165) is 6.07 Å². The lowest BCUT2D eigenvalue weighted by atomic mass is 10.1. The van der Waals surface area contributed by atoms with Crippen molar-refractivity contribution >= 4 is 11.9 Å². The number of carbonyl (C=O) groups excluding carboxylic acids is 2. The first kappa shape index (κ1) is 16.8. The van der Waals surface area contributed by atoms with Crippen LogP contribution >= 0.6 is 0 Å². The summed E-state index contributed by atoms with van der Waals surface area (Å²) in [7, 11) is 1.47. The average molecular weight is 297 g/mol. The Hall–Kier alpha value is -2.28. The smallest absolute Gasteiger partial charge is 0.325 e. The number of amides is 1. The first-order valence-corrected chi connectivity index (χ1v) is 6.45. The first-order valence-electron chi connectivity index (χ1n) is 6.45. The molecule has 21 heavy (non-hydrogen) atoms. The molecule has 0 unspecified atom stereocenters. The van der Waals surface area contributed by atoms with Gasteiger partial charge in [-0.15, -0.1) is 0 Å². The number of hydrogen-bond acceptors (Lipinski definition) is 6. The Morgan fingerprint density at radius 2 is 2.00 bits per heavy atom. The predicted molar refractivity (Wildman–Crippen MR) is 74.2 cm³/mol. The number of esters is 1. The van der Waals surface area contributed by atoms with Gasteiger partial charge in [0.15, 0.2) is 0 Å². The van der Waals surface area contributed by atoms with E-state index in [4.69, 9.17) is 9.47 Å². The topological polar surface area (TPSA) is 96.3 Å². The first-order chi connectivity index (χ1) is 9.99. The fourth-order valence-corrected chi connectivity index (χ4v) is 1.68. The summed E-state index contributed by atoms with van der Waals surface area (Å²) in [5.41, 5.74) is -0.0876. The molecule has 0 aliphatic rings. The van der Waals surface area contributed by atoms with Crippen molar-refractivity contribution in [2.75, 3.05) is 33.4 Å². The number of aromatic hydroxyl groups is 2. The zero-order chi connectivity index (χ0) is 15.8. The minimum absolute atomic E-state index is 0.0876. The van der Waals surface area contributed by atoms with Crippen LogP contribution in [0.2, 0.25) is 0 Å². The van der Waals surface area contributed by atoms with Crippen LogP contribution in [-0.2, 0) is 14.3 Å². The molecule has 0 aromatic heterocycles. The van der Waals surface area contributed by atoms with Gasteiger partial charge >= 0.3 is 5.97 Å². The van der Waals surface area contributed by atoms with Crippen molar-refractivity contribution in [2.45, 2.75) is 6.92 Å². The number of phenols is 2. The number of nitrogens with zero attached hydrogens (tertiary/aromatic N) is 1. The van der Waals surface area contributed by atoms with E-state index < -0.39 is 11.9 Å². The van der Waals surface area contributed by atoms with Crippen molar-refractivity contribution in [2.24, 2.45) is 0 Å². The highest BCUT2D eigenvalue weighted by Gasteiger charge is 2.22. The fourth-order valence-electron chi connectivity index (χ4n) is 1.68. The monoisotopic (exact) mass is 297 g/mol. The van der Waals surface area contributed by atoms with Crippen LogP contribution in [0.4, 0.5) is 0 Å². The second kappa shape index (κ2) is 8.11. The van der Waals surface area contributed by atoms with Crippen molar-refractivity contribution in [3.63, 3.8) is 0 Å². The van der Waals surface area contributed by atoms with Gasteiger partial charge in [0, 0.05) is 13.7 Å². The van der Waals surface area contributed by atoms with Gasteiger partial charge in [-0.25, -0.2) is 0 Å². The summed E-state index contributed by atoms with van der Waals surface area (Å²) in [4.78, 5) is 25.1. The molecule has 0 saturated carbocycles. The number of phenolic OH excluding ortho intramolecular Hbond substituents is 2. The molecule has 7 heteroatoms. The van der Waals surface area contributed by atoms with Gasteiger partial charge in [0.05, 0.1) is 18.8 Å². The molecule has 0 radical (unpaired) electrons. The highest BCUT2D eigenvalue weighted by molar-refractivity contribution is 5.98. The molecule has 0 bridgehead atoms. The SMILES string of the molecule is CCOC(=O)CN(CCOC)C(=O)c1cc(O)ccc1O. The van der Waals surface area contributed by atoms with Crippen molar-refractivity contribution in [3.8, 4) is 11.5 Å². The number of rotatable bonds is 7. The van der Waals surface area contributed by atoms with Crippen LogP contribution in [0.15, 0.2) is 18.2 Å². The number of benzene rings is 1. The average Bonchev–Trinajstić information content (AvgIpc) is 2.45. The minimum Gasteiger partial charge on any atom is -0.508 e. The summed E-state index contributed by atoms with van der Waals surface area (Å²) in [5, 5.41) is 19.1. The summed E-state index contributed by atoms with van der Waals surface area (Å²) in [6.07, 6.45) is 0. The van der Waals surface area contributed by atoms with Gasteiger partial charge in [0.1, 0.15) is 18.0 Å². The van der Waals surface area contributed by atoms with Crippen LogP contribution in [0.1, 0.15) is 17.3 Å². The van der Waals surface area contributed by atoms with Crippen molar-refractivity contribution in [1.29, 1.82) is 0 Å². The molecule has 0 aliphatic heterocycles. The van der Waals surface area contributed by atoms with Crippen LogP contribution in [0.5, 0.6) is 11.5 Å². The standard InChI is InChI=1S/C14H19NO6/c1-3-21-13(18)9-15(6-7-20-2)14(19)11-8-10(16)4-5-12(11)17/h4-5,8,16-17H,3,6-7,9H2,1-2H3. The lowest BCUT2D eigenvalue weighted by Crippen LogP contribution is -2.38. The molecule has 1 amide bonds. The molecule has 116 valence electrons. The Morgan fingerprint density at radius 3 is 2.62 bits per heavy atom. The molecule has 0 saturated heterocycles. The maximum atomic E-state index is 12.4. The zero-order valence-corrected chi connectivity index (χ0v) is 12.0. The van der Waals surface area contributed by atoms with Gasteiger partial charge in [0.2, 0.25) is 0 Å². The number of ether oxygens (including phenoxy) is 2. The number of hydrogen-bond donors (Lipinski definition) is 2. The molecular formula is C14H19NO6. The third-order valence-electron chi connectivity index (χ3n) is 2.69. The van der Waals surface area contributed by atoms with E-state index in [1.807, 2.05) is 0 Å². The van der Waals surface area contributed by atoms with Gasteiger partial charge in [-0.05, 0) is 25.1 Å². The molecule has 0 atom stereocenters. The third kappa shape index (κ3) is 4.96. The molecule has 0 spiro atoms. The number of carbonyl (C=O) groups is 2. The summed E-state index contributed by atoms with van der Waals surface area (Å²) in [5.74, 6) is -1.57. The van der Waals surface area contributed by atoms with E-state index in [1.165, 1.54) is 24.1 Å². The van der Waals surface area contributed by atoms with E-state index in [0.29, 0.717) is 0 Å². The third-order valence-corrected chi connectivity index (χ3v) is 2.69. The van der Waals surface area contributed by atoms with Gasteiger partial charge in [-0.2, -0.15) is 0 Å². The van der Waals surface area contributed by atoms with Crippen LogP contribution in [0.3, 0.4) is 0 Å². The molecule has 1 aromatic rings. The van der Waals surface area contributed by atoms with E-state index in [2.05, 4.69) is 0 Å². The van der Waals surface area contributed by atoms with Crippen molar-refractivity contribution in [3.05, 3.63) is 23.8 Å². The molecule has 1 rings (SSSR count). The highest BCUT2D eigenvalue weighted by Crippen LogP contribution is 2.23. The van der Waals surface area contributed by atoms with Crippen LogP contribution in [0, 0.1) is 0 Å². The maximum absolute atomic E-state index is 12.4. The molecule has 0 aliphatic carbocycles. The van der Waals surface area contributed by atoms with Gasteiger partial charge in [-0.1, -0.05) is 0 Å². The van der Waals surface area contributed by atoms with Gasteiger partial charge < -0.3 is 24.6 Å². The Bertz CT molecular complexity index is 502. The Morgan fingerprint density at radius 1 is 1.29 bits per heavy atom. The zero-order valence-electron chi connectivity index (χ0n) is 12.0. The number of methoxy groups -OCH3 is 1. The lowest BCUT2D eigenvalue weighted by molar-refractivity contribution is -0.143. The quantitative estimate of drug-likeness (QED) is 0.569. The molecule has 0 fully saturated rings. The van der Waals surface area contributed by atoms with Crippen molar-refractivity contribution in [1.82, 2.24) is 4.90 Å². The minimum atomic E-state index is -0.589. The Balaban J connectivity index is 2.92. The largest absolute Gasteiger partial charge is 0.508 e. The fraction of sp³-hybridized carbons (Fsp3) is 0.429. The van der Waals surface area contributed by atoms with E-state index in [1.54, 1.807) is 6.92 Å². The Kier molecular flexibility index (Phi) is 6.48. The summed E-state index contributed by atoms with van der Waals surface area (Å²) in [6, 6.07) is 3.61. The van der Waals surface area contributed by atoms with E-state index in [-0.39, 0.29) is 43.4 Å². The molecule has 1 aromatic carbocycles. The lowest BCUT2D eigenvalue weighted by Gasteiger charge is -2.21. The van der Waals surface area contributed by atoms with Crippen LogP contribution in [0.25, 0.3) is 0 Å². The molecular weight excluding hydrogens is 278 g/mol. The van der Waals surface area contributed by atoms with Gasteiger partial charge in [-0.3, -0.25) is 9.59 Å². The Labute approximate surface area is 122 Å².